The van der Waals surface area contributed by atoms with Crippen LogP contribution in [0.15, 0.2) is 24.3 Å². The van der Waals surface area contributed by atoms with Crippen molar-refractivity contribution < 1.29 is 14.3 Å². The van der Waals surface area contributed by atoms with Crippen LogP contribution in [0.3, 0.4) is 0 Å². The molecule has 5 nitrogen and oxygen atoms in total. The van der Waals surface area contributed by atoms with Crippen molar-refractivity contribution >= 4 is 11.7 Å². The molecule has 0 bridgehead atoms. The number of nitrogens with one attached hydrogen (secondary N) is 2. The molecular weight excluding hydrogens is 292 g/mol. The third-order valence-corrected chi connectivity index (χ3v) is 3.94. The smallest absolute Gasteiger partial charge is 0.319 e. The van der Waals surface area contributed by atoms with Gasteiger partial charge in [-0.25, -0.2) is 4.79 Å². The zero-order valence-corrected chi connectivity index (χ0v) is 14.0. The van der Waals surface area contributed by atoms with Crippen LogP contribution in [0.25, 0.3) is 0 Å². The van der Waals surface area contributed by atoms with Crippen LogP contribution < -0.4 is 15.4 Å². The number of ether oxygens (including phenoxy) is 2. The molecule has 2 N–H and O–H groups in total. The van der Waals surface area contributed by atoms with E-state index >= 15 is 0 Å². The minimum absolute atomic E-state index is 0.188. The van der Waals surface area contributed by atoms with Crippen molar-refractivity contribution in [2.75, 3.05) is 25.1 Å². The third-order valence-electron chi connectivity index (χ3n) is 3.94. The second kappa shape index (κ2) is 10.1. The molecular formula is C18H28N2O3. The largest absolute Gasteiger partial charge is 0.494 e. The standard InChI is InChI=1S/C18H28N2O3/c1-2-22-17-11-9-15(10-12-17)20-18(21)19-13-6-14-23-16-7-4-3-5-8-16/h9-12,16H,2-8,13-14H2,1H3,(H2,19,20,21). The number of amides is 2. The molecule has 1 fully saturated rings. The summed E-state index contributed by atoms with van der Waals surface area (Å²) < 4.78 is 11.2. The Morgan fingerprint density at radius 3 is 2.61 bits per heavy atom. The van der Waals surface area contributed by atoms with Gasteiger partial charge in [-0.3, -0.25) is 0 Å². The molecule has 0 spiro atoms. The first-order chi connectivity index (χ1) is 11.3. The number of carbonyl (C=O) groups is 1. The highest BCUT2D eigenvalue weighted by atomic mass is 16.5. The maximum absolute atomic E-state index is 11.8. The average Bonchev–Trinajstić information content (AvgIpc) is 2.57. The molecule has 0 radical (unpaired) electrons. The van der Waals surface area contributed by atoms with Crippen molar-refractivity contribution in [3.05, 3.63) is 24.3 Å². The third kappa shape index (κ3) is 6.91. The number of benzene rings is 1. The lowest BCUT2D eigenvalue weighted by atomic mass is 9.98. The Hall–Kier alpha value is -1.75. The average molecular weight is 320 g/mol. The topological polar surface area (TPSA) is 59.6 Å². The molecule has 0 heterocycles. The van der Waals surface area contributed by atoms with E-state index in [1.54, 1.807) is 0 Å². The van der Waals surface area contributed by atoms with Crippen LogP contribution in [0, 0.1) is 0 Å². The molecule has 0 unspecified atom stereocenters. The molecule has 1 aliphatic carbocycles. The van der Waals surface area contributed by atoms with Gasteiger partial charge in [0.05, 0.1) is 12.7 Å². The maximum Gasteiger partial charge on any atom is 0.319 e. The van der Waals surface area contributed by atoms with Crippen molar-refractivity contribution in [2.45, 2.75) is 51.6 Å². The first-order valence-electron chi connectivity index (χ1n) is 8.67. The number of hydrogen-bond acceptors (Lipinski definition) is 3. The molecule has 128 valence electrons. The Kier molecular flexibility index (Phi) is 7.73. The van der Waals surface area contributed by atoms with Gasteiger partial charge in [0.15, 0.2) is 0 Å². The highest BCUT2D eigenvalue weighted by Gasteiger charge is 2.13. The molecule has 2 amide bonds. The zero-order valence-electron chi connectivity index (χ0n) is 14.0. The minimum Gasteiger partial charge on any atom is -0.494 e. The van der Waals surface area contributed by atoms with Gasteiger partial charge in [0.1, 0.15) is 5.75 Å². The number of rotatable bonds is 8. The van der Waals surface area contributed by atoms with Crippen LogP contribution in [0.5, 0.6) is 5.75 Å². The molecule has 1 aliphatic rings. The molecule has 0 saturated heterocycles. The van der Waals surface area contributed by atoms with Crippen LogP contribution in [-0.4, -0.2) is 31.9 Å². The summed E-state index contributed by atoms with van der Waals surface area (Å²) in [5.74, 6) is 0.804. The predicted octanol–water partition coefficient (Wildman–Crippen LogP) is 3.95. The summed E-state index contributed by atoms with van der Waals surface area (Å²) >= 11 is 0. The van der Waals surface area contributed by atoms with Gasteiger partial charge >= 0.3 is 6.03 Å². The van der Waals surface area contributed by atoms with Crippen molar-refractivity contribution in [3.63, 3.8) is 0 Å². The van der Waals surface area contributed by atoms with Crippen LogP contribution in [0.1, 0.15) is 45.4 Å². The number of urea groups is 1. The fraction of sp³-hybridized carbons (Fsp3) is 0.611. The van der Waals surface area contributed by atoms with E-state index in [4.69, 9.17) is 9.47 Å². The van der Waals surface area contributed by atoms with Crippen molar-refractivity contribution in [1.29, 1.82) is 0 Å². The van der Waals surface area contributed by atoms with Crippen LogP contribution >= 0.6 is 0 Å². The maximum atomic E-state index is 11.8. The molecule has 1 aromatic rings. The molecule has 0 aromatic heterocycles. The van der Waals surface area contributed by atoms with E-state index in [0.29, 0.717) is 25.9 Å². The Morgan fingerprint density at radius 1 is 1.17 bits per heavy atom. The SMILES string of the molecule is CCOc1ccc(NC(=O)NCCCOC2CCCCC2)cc1. The van der Waals surface area contributed by atoms with Gasteiger partial charge < -0.3 is 20.1 Å². The van der Waals surface area contributed by atoms with Gasteiger partial charge in [0, 0.05) is 18.8 Å². The first kappa shape index (κ1) is 17.6. The summed E-state index contributed by atoms with van der Waals surface area (Å²) in [7, 11) is 0. The van der Waals surface area contributed by atoms with Gasteiger partial charge in [-0.05, 0) is 50.5 Å². The van der Waals surface area contributed by atoms with Crippen molar-refractivity contribution in [2.24, 2.45) is 0 Å². The second-order valence-electron chi connectivity index (χ2n) is 5.82. The molecule has 23 heavy (non-hydrogen) atoms. The van der Waals surface area contributed by atoms with Crippen LogP contribution in [0.2, 0.25) is 0 Å². The highest BCUT2D eigenvalue weighted by Crippen LogP contribution is 2.20. The quantitative estimate of drug-likeness (QED) is 0.713. The fourth-order valence-electron chi connectivity index (χ4n) is 2.73. The molecule has 2 rings (SSSR count). The summed E-state index contributed by atoms with van der Waals surface area (Å²) in [5.41, 5.74) is 0.754. The van der Waals surface area contributed by atoms with E-state index in [-0.39, 0.29) is 6.03 Å². The molecule has 1 saturated carbocycles. The fourth-order valence-corrected chi connectivity index (χ4v) is 2.73. The van der Waals surface area contributed by atoms with Gasteiger partial charge in [0.25, 0.3) is 0 Å². The lowest BCUT2D eigenvalue weighted by Gasteiger charge is -2.21. The normalized spacial score (nSPS) is 15.2. The summed E-state index contributed by atoms with van der Waals surface area (Å²) in [6, 6.07) is 7.16. The van der Waals surface area contributed by atoms with E-state index in [0.717, 1.165) is 17.9 Å². The van der Waals surface area contributed by atoms with E-state index in [2.05, 4.69) is 10.6 Å². The Labute approximate surface area is 138 Å². The lowest BCUT2D eigenvalue weighted by molar-refractivity contribution is 0.0276. The molecule has 0 aliphatic heterocycles. The zero-order chi connectivity index (χ0) is 16.3. The molecule has 1 aromatic carbocycles. The predicted molar refractivity (Wildman–Crippen MR) is 92.1 cm³/mol. The van der Waals surface area contributed by atoms with Crippen LogP contribution in [-0.2, 0) is 4.74 Å². The van der Waals surface area contributed by atoms with Gasteiger partial charge in [-0.2, -0.15) is 0 Å². The van der Waals surface area contributed by atoms with Gasteiger partial charge in [-0.15, -0.1) is 0 Å². The van der Waals surface area contributed by atoms with E-state index in [1.807, 2.05) is 31.2 Å². The van der Waals surface area contributed by atoms with E-state index in [9.17, 15) is 4.79 Å². The van der Waals surface area contributed by atoms with Gasteiger partial charge in [-0.1, -0.05) is 19.3 Å². The van der Waals surface area contributed by atoms with Gasteiger partial charge in [0.2, 0.25) is 0 Å². The minimum atomic E-state index is -0.188. The Balaban J connectivity index is 1.55. The lowest BCUT2D eigenvalue weighted by Crippen LogP contribution is -2.30. The Morgan fingerprint density at radius 2 is 1.91 bits per heavy atom. The highest BCUT2D eigenvalue weighted by molar-refractivity contribution is 5.89. The number of carbonyl (C=O) groups excluding carboxylic acids is 1. The monoisotopic (exact) mass is 320 g/mol. The van der Waals surface area contributed by atoms with E-state index < -0.39 is 0 Å². The molecule has 5 heteroatoms. The Bertz CT molecular complexity index is 456. The second-order valence-corrected chi connectivity index (χ2v) is 5.82. The summed E-state index contributed by atoms with van der Waals surface area (Å²) in [5, 5.41) is 5.65. The first-order valence-corrected chi connectivity index (χ1v) is 8.67. The number of hydrogen-bond donors (Lipinski definition) is 2. The summed E-state index contributed by atoms with van der Waals surface area (Å²) in [6.07, 6.45) is 7.56. The number of anilines is 1. The molecule has 0 atom stereocenters. The van der Waals surface area contributed by atoms with Crippen LogP contribution in [0.4, 0.5) is 10.5 Å². The summed E-state index contributed by atoms with van der Waals surface area (Å²) in [4.78, 5) is 11.8. The summed E-state index contributed by atoms with van der Waals surface area (Å²) in [6.45, 7) is 3.91. The van der Waals surface area contributed by atoms with Crippen molar-refractivity contribution in [1.82, 2.24) is 5.32 Å². The van der Waals surface area contributed by atoms with E-state index in [1.165, 1.54) is 32.1 Å². The van der Waals surface area contributed by atoms with Crippen molar-refractivity contribution in [3.8, 4) is 5.75 Å².